The third-order valence-electron chi connectivity index (χ3n) is 2.70. The van der Waals surface area contributed by atoms with Gasteiger partial charge < -0.3 is 11.1 Å². The summed E-state index contributed by atoms with van der Waals surface area (Å²) in [4.78, 5) is 10.2. The summed E-state index contributed by atoms with van der Waals surface area (Å²) >= 11 is 5.64. The summed E-state index contributed by atoms with van der Waals surface area (Å²) in [5.41, 5.74) is 6.88. The van der Waals surface area contributed by atoms with Crippen molar-refractivity contribution in [2.75, 3.05) is 11.1 Å². The van der Waals surface area contributed by atoms with Gasteiger partial charge in [0.1, 0.15) is 11.5 Å². The van der Waals surface area contributed by atoms with Crippen LogP contribution in [0.3, 0.4) is 0 Å². The van der Waals surface area contributed by atoms with Gasteiger partial charge in [0.25, 0.3) is 5.69 Å². The lowest BCUT2D eigenvalue weighted by atomic mass is 10.2. The maximum Gasteiger partial charge on any atom is 0.295 e. The van der Waals surface area contributed by atoms with E-state index < -0.39 is 10.7 Å². The lowest BCUT2D eigenvalue weighted by molar-refractivity contribution is -0.384. The van der Waals surface area contributed by atoms with E-state index in [1.54, 1.807) is 24.3 Å². The molecule has 0 aromatic heterocycles. The molecule has 0 amide bonds. The fourth-order valence-corrected chi connectivity index (χ4v) is 1.83. The van der Waals surface area contributed by atoms with Gasteiger partial charge in [0.15, 0.2) is 0 Å². The van der Waals surface area contributed by atoms with E-state index in [-0.39, 0.29) is 16.4 Å². The number of nitro groups is 1. The minimum atomic E-state index is -0.823. The van der Waals surface area contributed by atoms with Gasteiger partial charge >= 0.3 is 0 Å². The number of nitrogen functional groups attached to an aromatic ring is 1. The molecule has 0 radical (unpaired) electrons. The molecule has 2 aromatic carbocycles. The summed E-state index contributed by atoms with van der Waals surface area (Å²) in [5, 5.41) is 13.6. The van der Waals surface area contributed by atoms with Crippen molar-refractivity contribution < 1.29 is 9.31 Å². The predicted octanol–water partition coefficient (Wildman–Crippen LogP) is 3.58. The van der Waals surface area contributed by atoms with Gasteiger partial charge in [-0.15, -0.1) is 0 Å². The summed E-state index contributed by atoms with van der Waals surface area (Å²) in [6.07, 6.45) is 0. The first-order valence-electron chi connectivity index (χ1n) is 5.69. The molecule has 0 atom stereocenters. The summed E-state index contributed by atoms with van der Waals surface area (Å²) in [6, 6.07) is 9.03. The molecule has 2 rings (SSSR count). The van der Waals surface area contributed by atoms with Crippen molar-refractivity contribution in [2.24, 2.45) is 0 Å². The second-order valence-electron chi connectivity index (χ2n) is 4.14. The zero-order chi connectivity index (χ0) is 14.7. The highest BCUT2D eigenvalue weighted by atomic mass is 35.5. The largest absolute Gasteiger partial charge is 0.399 e. The molecule has 0 fully saturated rings. The van der Waals surface area contributed by atoms with Crippen molar-refractivity contribution in [3.8, 4) is 0 Å². The number of anilines is 2. The predicted molar refractivity (Wildman–Crippen MR) is 76.2 cm³/mol. The molecule has 0 bridgehead atoms. The average Bonchev–Trinajstić information content (AvgIpc) is 2.41. The third-order valence-corrected chi connectivity index (χ3v) is 2.99. The molecule has 0 unspecified atom stereocenters. The van der Waals surface area contributed by atoms with Gasteiger partial charge in [-0.2, -0.15) is 0 Å². The van der Waals surface area contributed by atoms with Crippen LogP contribution in [0.4, 0.5) is 21.5 Å². The Hall–Kier alpha value is -2.34. The normalized spacial score (nSPS) is 10.3. The quantitative estimate of drug-likeness (QED) is 0.513. The summed E-state index contributed by atoms with van der Waals surface area (Å²) in [7, 11) is 0. The molecule has 0 aliphatic carbocycles. The standard InChI is InChI=1S/C13H11ClFN3O2/c14-10-5-12(13(18(19)20)6-11(10)15)17-7-8-1-3-9(16)4-2-8/h1-6,17H,7,16H2. The fraction of sp³-hybridized carbons (Fsp3) is 0.0769. The van der Waals surface area contributed by atoms with E-state index in [4.69, 9.17) is 17.3 Å². The van der Waals surface area contributed by atoms with E-state index >= 15 is 0 Å². The maximum absolute atomic E-state index is 13.2. The molecule has 3 N–H and O–H groups in total. The van der Waals surface area contributed by atoms with Crippen molar-refractivity contribution in [3.63, 3.8) is 0 Å². The second kappa shape index (κ2) is 5.75. The Balaban J connectivity index is 2.22. The number of nitrogens with zero attached hydrogens (tertiary/aromatic N) is 1. The van der Waals surface area contributed by atoms with Crippen molar-refractivity contribution in [1.82, 2.24) is 0 Å². The van der Waals surface area contributed by atoms with E-state index in [9.17, 15) is 14.5 Å². The van der Waals surface area contributed by atoms with Crippen LogP contribution in [0.5, 0.6) is 0 Å². The average molecular weight is 296 g/mol. The molecule has 0 saturated carbocycles. The van der Waals surface area contributed by atoms with Crippen molar-refractivity contribution in [1.29, 1.82) is 0 Å². The Morgan fingerprint density at radius 2 is 1.95 bits per heavy atom. The Morgan fingerprint density at radius 1 is 1.30 bits per heavy atom. The smallest absolute Gasteiger partial charge is 0.295 e. The van der Waals surface area contributed by atoms with Crippen molar-refractivity contribution in [3.05, 3.63) is 62.9 Å². The molecule has 7 heteroatoms. The molecule has 0 aliphatic rings. The zero-order valence-corrected chi connectivity index (χ0v) is 11.0. The Bertz CT molecular complexity index is 647. The lowest BCUT2D eigenvalue weighted by Crippen LogP contribution is -2.03. The monoisotopic (exact) mass is 295 g/mol. The van der Waals surface area contributed by atoms with Crippen LogP contribution in [0.2, 0.25) is 5.02 Å². The van der Waals surface area contributed by atoms with Crippen LogP contribution < -0.4 is 11.1 Å². The molecule has 0 heterocycles. The Labute approximate surface area is 119 Å². The van der Waals surface area contributed by atoms with E-state index in [1.165, 1.54) is 6.07 Å². The molecular formula is C13H11ClFN3O2. The van der Waals surface area contributed by atoms with Gasteiger partial charge in [-0.3, -0.25) is 10.1 Å². The van der Waals surface area contributed by atoms with Crippen LogP contribution in [0.15, 0.2) is 36.4 Å². The summed E-state index contributed by atoms with van der Waals surface area (Å²) < 4.78 is 13.2. The zero-order valence-electron chi connectivity index (χ0n) is 10.3. The first-order chi connectivity index (χ1) is 9.47. The number of nitrogens with two attached hydrogens (primary N) is 1. The number of halogens is 2. The van der Waals surface area contributed by atoms with Gasteiger partial charge in [0, 0.05) is 12.2 Å². The number of hydrogen-bond donors (Lipinski definition) is 2. The Morgan fingerprint density at radius 3 is 2.55 bits per heavy atom. The molecular weight excluding hydrogens is 285 g/mol. The fourth-order valence-electron chi connectivity index (χ4n) is 1.66. The van der Waals surface area contributed by atoms with Crippen LogP contribution in [0.25, 0.3) is 0 Å². The SMILES string of the molecule is Nc1ccc(CNc2cc(Cl)c(F)cc2[N+](=O)[O-])cc1. The summed E-state index contributed by atoms with van der Waals surface area (Å²) in [5.74, 6) is -0.823. The minimum Gasteiger partial charge on any atom is -0.399 e. The van der Waals surface area contributed by atoms with Crippen LogP contribution in [0, 0.1) is 15.9 Å². The van der Waals surface area contributed by atoms with Crippen molar-refractivity contribution in [2.45, 2.75) is 6.54 Å². The molecule has 20 heavy (non-hydrogen) atoms. The van der Waals surface area contributed by atoms with Gasteiger partial charge in [0.05, 0.1) is 16.0 Å². The molecule has 5 nitrogen and oxygen atoms in total. The number of hydrogen-bond acceptors (Lipinski definition) is 4. The van der Waals surface area contributed by atoms with Crippen LogP contribution in [-0.4, -0.2) is 4.92 Å². The van der Waals surface area contributed by atoms with Gasteiger partial charge in [-0.1, -0.05) is 23.7 Å². The second-order valence-corrected chi connectivity index (χ2v) is 4.54. The molecule has 2 aromatic rings. The molecule has 0 saturated heterocycles. The lowest BCUT2D eigenvalue weighted by Gasteiger charge is -2.08. The van der Waals surface area contributed by atoms with Crippen molar-refractivity contribution >= 4 is 28.7 Å². The van der Waals surface area contributed by atoms with E-state index in [0.717, 1.165) is 11.6 Å². The highest BCUT2D eigenvalue weighted by Crippen LogP contribution is 2.30. The van der Waals surface area contributed by atoms with E-state index in [2.05, 4.69) is 5.32 Å². The minimum absolute atomic E-state index is 0.165. The third kappa shape index (κ3) is 3.16. The van der Waals surface area contributed by atoms with Crippen LogP contribution in [0.1, 0.15) is 5.56 Å². The number of nitrogens with one attached hydrogen (secondary N) is 1. The van der Waals surface area contributed by atoms with Crippen LogP contribution in [-0.2, 0) is 6.54 Å². The summed E-state index contributed by atoms with van der Waals surface area (Å²) in [6.45, 7) is 0.336. The molecule has 0 aliphatic heterocycles. The van der Waals surface area contributed by atoms with E-state index in [0.29, 0.717) is 12.2 Å². The first kappa shape index (κ1) is 14.1. The molecule has 104 valence electrons. The van der Waals surface area contributed by atoms with Crippen LogP contribution >= 0.6 is 11.6 Å². The first-order valence-corrected chi connectivity index (χ1v) is 6.07. The van der Waals surface area contributed by atoms with Gasteiger partial charge in [-0.05, 0) is 23.8 Å². The highest BCUT2D eigenvalue weighted by Gasteiger charge is 2.17. The topological polar surface area (TPSA) is 81.2 Å². The van der Waals surface area contributed by atoms with Gasteiger partial charge in [0.2, 0.25) is 0 Å². The Kier molecular flexibility index (Phi) is 4.05. The molecule has 0 spiro atoms. The van der Waals surface area contributed by atoms with Gasteiger partial charge in [-0.25, -0.2) is 4.39 Å². The van der Waals surface area contributed by atoms with E-state index in [1.807, 2.05) is 0 Å². The highest BCUT2D eigenvalue weighted by molar-refractivity contribution is 6.31. The number of nitro benzene ring substituents is 1. The number of benzene rings is 2. The number of rotatable bonds is 4. The maximum atomic E-state index is 13.2.